The van der Waals surface area contributed by atoms with Crippen LogP contribution in [0, 0.1) is 5.41 Å². The Morgan fingerprint density at radius 3 is 2.62 bits per heavy atom. The molecule has 5 nitrogen and oxygen atoms in total. The fourth-order valence-corrected chi connectivity index (χ4v) is 4.42. The molecule has 1 atom stereocenters. The van der Waals surface area contributed by atoms with Gasteiger partial charge in [0.05, 0.1) is 5.56 Å². The van der Waals surface area contributed by atoms with Gasteiger partial charge in [0.15, 0.2) is 0 Å². The topological polar surface area (TPSA) is 75.6 Å². The largest absolute Gasteiger partial charge is 0.480 e. The number of amides is 1. The van der Waals surface area contributed by atoms with E-state index in [4.69, 9.17) is 9.84 Å². The Balaban J connectivity index is 2.05. The zero-order valence-electron chi connectivity index (χ0n) is 15.6. The molecule has 1 aromatic carbocycles. The molecule has 0 spiro atoms. The van der Waals surface area contributed by atoms with E-state index in [1.54, 1.807) is 26.2 Å². The number of benzene rings is 1. The second-order valence-electron chi connectivity index (χ2n) is 7.08. The highest BCUT2D eigenvalue weighted by molar-refractivity contribution is 8.00. The lowest BCUT2D eigenvalue weighted by atomic mass is 9.72. The van der Waals surface area contributed by atoms with Crippen LogP contribution in [0.5, 0.6) is 0 Å². The maximum atomic E-state index is 12.8. The third-order valence-corrected chi connectivity index (χ3v) is 6.32. The normalized spacial score (nSPS) is 17.5. The van der Waals surface area contributed by atoms with Gasteiger partial charge in [-0.2, -0.15) is 0 Å². The van der Waals surface area contributed by atoms with Crippen molar-refractivity contribution in [3.63, 3.8) is 0 Å². The lowest BCUT2D eigenvalue weighted by Gasteiger charge is -2.37. The van der Waals surface area contributed by atoms with E-state index in [-0.39, 0.29) is 11.3 Å². The zero-order valence-corrected chi connectivity index (χ0v) is 16.4. The number of hydrogen-bond acceptors (Lipinski definition) is 4. The Bertz CT molecular complexity index is 614. The molecule has 26 heavy (non-hydrogen) atoms. The summed E-state index contributed by atoms with van der Waals surface area (Å²) in [6.45, 7) is 2.98. The molecule has 6 heteroatoms. The van der Waals surface area contributed by atoms with E-state index in [2.05, 4.69) is 5.32 Å². The summed E-state index contributed by atoms with van der Waals surface area (Å²) in [6, 6.07) is 7.20. The van der Waals surface area contributed by atoms with Gasteiger partial charge in [0.1, 0.15) is 5.25 Å². The van der Waals surface area contributed by atoms with Gasteiger partial charge in [-0.1, -0.05) is 31.4 Å². The van der Waals surface area contributed by atoms with Crippen molar-refractivity contribution >= 4 is 23.6 Å². The maximum absolute atomic E-state index is 12.8. The van der Waals surface area contributed by atoms with E-state index in [0.717, 1.165) is 19.3 Å². The van der Waals surface area contributed by atoms with E-state index in [0.29, 0.717) is 23.6 Å². The number of rotatable bonds is 9. The van der Waals surface area contributed by atoms with Crippen LogP contribution in [0.15, 0.2) is 29.2 Å². The minimum Gasteiger partial charge on any atom is -0.480 e. The van der Waals surface area contributed by atoms with Crippen LogP contribution in [0.25, 0.3) is 0 Å². The molecule has 1 aliphatic rings. The van der Waals surface area contributed by atoms with Crippen molar-refractivity contribution in [3.05, 3.63) is 29.8 Å². The van der Waals surface area contributed by atoms with Crippen molar-refractivity contribution in [2.45, 2.75) is 55.6 Å². The van der Waals surface area contributed by atoms with Gasteiger partial charge < -0.3 is 15.2 Å². The smallest absolute Gasteiger partial charge is 0.316 e. The van der Waals surface area contributed by atoms with Crippen molar-refractivity contribution in [2.75, 3.05) is 20.3 Å². The predicted octanol–water partition coefficient (Wildman–Crippen LogP) is 3.97. The van der Waals surface area contributed by atoms with Crippen LogP contribution >= 0.6 is 11.8 Å². The Morgan fingerprint density at radius 1 is 1.27 bits per heavy atom. The molecule has 2 N–H and O–H groups in total. The van der Waals surface area contributed by atoms with Gasteiger partial charge in [-0.3, -0.25) is 9.59 Å². The number of carboxylic acid groups (broad SMARTS) is 1. The first kappa shape index (κ1) is 20.8. The molecule has 0 aromatic heterocycles. The molecule has 1 saturated carbocycles. The van der Waals surface area contributed by atoms with Crippen LogP contribution in [-0.2, 0) is 9.53 Å². The Kier molecular flexibility index (Phi) is 7.97. The van der Waals surface area contributed by atoms with E-state index in [1.807, 2.05) is 12.1 Å². The second kappa shape index (κ2) is 9.97. The second-order valence-corrected chi connectivity index (χ2v) is 8.46. The van der Waals surface area contributed by atoms with Crippen molar-refractivity contribution in [1.82, 2.24) is 5.32 Å². The summed E-state index contributed by atoms with van der Waals surface area (Å²) in [5, 5.41) is 11.6. The summed E-state index contributed by atoms with van der Waals surface area (Å²) in [5.74, 6) is -1.01. The first-order valence-corrected chi connectivity index (χ1v) is 10.1. The first-order valence-electron chi connectivity index (χ1n) is 9.23. The van der Waals surface area contributed by atoms with Crippen LogP contribution in [0.1, 0.15) is 55.8 Å². The summed E-state index contributed by atoms with van der Waals surface area (Å²) in [6.07, 6.45) is 6.84. The molecule has 1 unspecified atom stereocenters. The molecule has 1 fully saturated rings. The van der Waals surface area contributed by atoms with Crippen LogP contribution in [-0.4, -0.2) is 42.5 Å². The molecule has 0 aliphatic heterocycles. The lowest BCUT2D eigenvalue weighted by molar-refractivity contribution is -0.136. The SMILES string of the molecule is COCCC1(CNC(=O)c2ccccc2SC(C)C(=O)O)CCCCC1. The fraction of sp³-hybridized carbons (Fsp3) is 0.600. The highest BCUT2D eigenvalue weighted by atomic mass is 32.2. The molecular formula is C20H29NO4S. The Hall–Kier alpha value is -1.53. The van der Waals surface area contributed by atoms with E-state index in [1.165, 1.54) is 31.0 Å². The molecule has 1 aliphatic carbocycles. The van der Waals surface area contributed by atoms with Gasteiger partial charge >= 0.3 is 5.97 Å². The number of methoxy groups -OCH3 is 1. The average Bonchev–Trinajstić information content (AvgIpc) is 2.65. The highest BCUT2D eigenvalue weighted by Crippen LogP contribution is 2.39. The minimum atomic E-state index is -0.883. The lowest BCUT2D eigenvalue weighted by Crippen LogP contribution is -2.40. The van der Waals surface area contributed by atoms with E-state index >= 15 is 0 Å². The summed E-state index contributed by atoms with van der Waals surface area (Å²) in [5.41, 5.74) is 0.656. The van der Waals surface area contributed by atoms with Gasteiger partial charge in [-0.05, 0) is 43.7 Å². The fourth-order valence-electron chi connectivity index (χ4n) is 3.50. The van der Waals surface area contributed by atoms with Gasteiger partial charge in [0, 0.05) is 25.2 Å². The maximum Gasteiger partial charge on any atom is 0.316 e. The number of ether oxygens (including phenoxy) is 1. The number of nitrogens with one attached hydrogen (secondary N) is 1. The quantitative estimate of drug-likeness (QED) is 0.635. The number of carboxylic acids is 1. The average molecular weight is 380 g/mol. The third-order valence-electron chi connectivity index (χ3n) is 5.16. The Morgan fingerprint density at radius 2 is 1.96 bits per heavy atom. The number of hydrogen-bond donors (Lipinski definition) is 2. The van der Waals surface area contributed by atoms with Crippen LogP contribution in [0.3, 0.4) is 0 Å². The molecule has 0 radical (unpaired) electrons. The summed E-state index contributed by atoms with van der Waals surface area (Å²) in [4.78, 5) is 24.6. The summed E-state index contributed by atoms with van der Waals surface area (Å²) < 4.78 is 5.27. The van der Waals surface area contributed by atoms with E-state index < -0.39 is 11.2 Å². The van der Waals surface area contributed by atoms with Crippen molar-refractivity contribution in [2.24, 2.45) is 5.41 Å². The Labute approximate surface area is 159 Å². The van der Waals surface area contributed by atoms with Gasteiger partial charge in [0.25, 0.3) is 5.91 Å². The van der Waals surface area contributed by atoms with Gasteiger partial charge in [-0.15, -0.1) is 11.8 Å². The molecule has 0 bridgehead atoms. The zero-order chi connectivity index (χ0) is 19.0. The van der Waals surface area contributed by atoms with Crippen LogP contribution < -0.4 is 5.32 Å². The number of carbonyl (C=O) groups is 2. The summed E-state index contributed by atoms with van der Waals surface area (Å²) >= 11 is 1.20. The van der Waals surface area contributed by atoms with Crippen molar-refractivity contribution in [1.29, 1.82) is 0 Å². The predicted molar refractivity (Wildman–Crippen MR) is 104 cm³/mol. The molecule has 1 amide bonds. The van der Waals surface area contributed by atoms with Gasteiger partial charge in [-0.25, -0.2) is 0 Å². The molecule has 0 heterocycles. The standard InChI is InChI=1S/C20H29NO4S/c1-15(19(23)24)26-17-9-5-4-8-16(17)18(22)21-14-20(12-13-25-2)10-6-3-7-11-20/h4-5,8-9,15H,3,6-7,10-14H2,1-2H3,(H,21,22)(H,23,24). The molecule has 1 aromatic rings. The molecule has 0 saturated heterocycles. The molecule has 144 valence electrons. The first-order chi connectivity index (χ1) is 12.5. The van der Waals surface area contributed by atoms with E-state index in [9.17, 15) is 9.59 Å². The van der Waals surface area contributed by atoms with Crippen LogP contribution in [0.4, 0.5) is 0 Å². The minimum absolute atomic E-state index is 0.111. The highest BCUT2D eigenvalue weighted by Gasteiger charge is 2.32. The number of carbonyl (C=O) groups excluding carboxylic acids is 1. The number of aliphatic carboxylic acids is 1. The van der Waals surface area contributed by atoms with Crippen LogP contribution in [0.2, 0.25) is 0 Å². The summed E-state index contributed by atoms with van der Waals surface area (Å²) in [7, 11) is 1.71. The monoisotopic (exact) mass is 379 g/mol. The van der Waals surface area contributed by atoms with Crippen molar-refractivity contribution < 1.29 is 19.4 Å². The van der Waals surface area contributed by atoms with Crippen molar-refractivity contribution in [3.8, 4) is 0 Å². The molecular weight excluding hydrogens is 350 g/mol. The number of thioether (sulfide) groups is 1. The molecule has 2 rings (SSSR count). The van der Waals surface area contributed by atoms with Gasteiger partial charge in [0.2, 0.25) is 0 Å². The third kappa shape index (κ3) is 5.74.